The van der Waals surface area contributed by atoms with Crippen molar-refractivity contribution >= 4 is 5.91 Å². The molecule has 2 heterocycles. The summed E-state index contributed by atoms with van der Waals surface area (Å²) < 4.78 is 54.9. The van der Waals surface area contributed by atoms with E-state index in [9.17, 15) is 18.0 Å². The van der Waals surface area contributed by atoms with Gasteiger partial charge in [0.05, 0.1) is 25.8 Å². The monoisotopic (exact) mass is 490 g/mol. The van der Waals surface area contributed by atoms with E-state index in [0.29, 0.717) is 49.1 Å². The predicted molar refractivity (Wildman–Crippen MR) is 120 cm³/mol. The number of amides is 1. The Morgan fingerprint density at radius 1 is 1.03 bits per heavy atom. The van der Waals surface area contributed by atoms with E-state index in [0.717, 1.165) is 12.1 Å². The van der Waals surface area contributed by atoms with Crippen molar-refractivity contribution in [1.29, 1.82) is 0 Å². The molecule has 1 aliphatic rings. The Kier molecular flexibility index (Phi) is 6.97. The molecule has 1 unspecified atom stereocenters. The highest BCUT2D eigenvalue weighted by molar-refractivity contribution is 5.95. The van der Waals surface area contributed by atoms with Crippen LogP contribution in [-0.2, 0) is 6.18 Å². The van der Waals surface area contributed by atoms with Crippen molar-refractivity contribution in [2.24, 2.45) is 0 Å². The summed E-state index contributed by atoms with van der Waals surface area (Å²) in [7, 11) is 3.05. The number of halogens is 3. The third-order valence-corrected chi connectivity index (χ3v) is 5.99. The number of carbonyl (C=O) groups is 1. The molecule has 2 aromatic carbocycles. The van der Waals surface area contributed by atoms with Gasteiger partial charge in [0.2, 0.25) is 11.7 Å². The molecule has 0 radical (unpaired) electrons. The first-order chi connectivity index (χ1) is 16.7. The first-order valence-corrected chi connectivity index (χ1v) is 11.0. The lowest BCUT2D eigenvalue weighted by Crippen LogP contribution is -2.49. The average molecular weight is 490 g/mol. The Balaban J connectivity index is 1.41. The van der Waals surface area contributed by atoms with E-state index in [-0.39, 0.29) is 23.3 Å². The Labute approximate surface area is 200 Å². The Hall–Kier alpha value is -3.60. The molecule has 1 atom stereocenters. The average Bonchev–Trinajstić information content (AvgIpc) is 3.37. The molecular weight excluding hydrogens is 465 g/mol. The molecule has 8 nitrogen and oxygen atoms in total. The molecule has 0 N–H and O–H groups in total. The van der Waals surface area contributed by atoms with Crippen molar-refractivity contribution in [3.8, 4) is 22.9 Å². The molecule has 35 heavy (non-hydrogen) atoms. The Bertz CT molecular complexity index is 1170. The smallest absolute Gasteiger partial charge is 0.416 e. The van der Waals surface area contributed by atoms with Gasteiger partial charge in [-0.25, -0.2) is 0 Å². The lowest BCUT2D eigenvalue weighted by molar-refractivity contribution is -0.137. The number of hydrogen-bond donors (Lipinski definition) is 0. The molecule has 186 valence electrons. The second-order valence-electron chi connectivity index (χ2n) is 8.14. The maximum Gasteiger partial charge on any atom is 0.416 e. The van der Waals surface area contributed by atoms with Crippen LogP contribution in [0.4, 0.5) is 13.2 Å². The highest BCUT2D eigenvalue weighted by Gasteiger charge is 2.32. The van der Waals surface area contributed by atoms with Crippen LogP contribution in [0.3, 0.4) is 0 Å². The highest BCUT2D eigenvalue weighted by atomic mass is 19.4. The molecule has 0 spiro atoms. The van der Waals surface area contributed by atoms with Gasteiger partial charge in [0.1, 0.15) is 11.5 Å². The maximum absolute atomic E-state index is 13.0. The van der Waals surface area contributed by atoms with Crippen molar-refractivity contribution in [3.05, 3.63) is 59.5 Å². The topological polar surface area (TPSA) is 80.9 Å². The molecule has 4 rings (SSSR count). The van der Waals surface area contributed by atoms with Crippen LogP contribution in [0.1, 0.15) is 34.8 Å². The number of piperazine rings is 1. The van der Waals surface area contributed by atoms with Crippen molar-refractivity contribution in [2.45, 2.75) is 19.1 Å². The standard InChI is InChI=1S/C24H25F3N4O4/c1-15(22-28-21(29-35-22)16-5-4-6-18(11-16)24(25,26)27)30-7-9-31(10-8-30)23(32)17-12-19(33-2)14-20(13-17)34-3/h4-6,11-15H,7-10H2,1-3H3. The van der Waals surface area contributed by atoms with E-state index in [2.05, 4.69) is 15.0 Å². The number of alkyl halides is 3. The fourth-order valence-corrected chi connectivity index (χ4v) is 3.94. The minimum Gasteiger partial charge on any atom is -0.497 e. The molecule has 1 aromatic heterocycles. The van der Waals surface area contributed by atoms with Crippen LogP contribution in [-0.4, -0.2) is 66.2 Å². The fraction of sp³-hybridized carbons (Fsp3) is 0.375. The van der Waals surface area contributed by atoms with Gasteiger partial charge < -0.3 is 18.9 Å². The van der Waals surface area contributed by atoms with E-state index in [1.165, 1.54) is 26.4 Å². The summed E-state index contributed by atoms with van der Waals surface area (Å²) in [6, 6.07) is 9.59. The zero-order valence-electron chi connectivity index (χ0n) is 19.5. The fourth-order valence-electron chi connectivity index (χ4n) is 3.94. The van der Waals surface area contributed by atoms with Gasteiger partial charge in [0, 0.05) is 43.4 Å². The minimum atomic E-state index is -4.46. The number of rotatable bonds is 6. The maximum atomic E-state index is 13.0. The zero-order valence-corrected chi connectivity index (χ0v) is 19.5. The summed E-state index contributed by atoms with van der Waals surface area (Å²) in [5.41, 5.74) is -0.0691. The predicted octanol–water partition coefficient (Wildman–Crippen LogP) is 4.29. The second kappa shape index (κ2) is 9.95. The number of carbonyl (C=O) groups excluding carboxylic acids is 1. The summed E-state index contributed by atoms with van der Waals surface area (Å²) in [5, 5.41) is 3.87. The van der Waals surface area contributed by atoms with Gasteiger partial charge in [-0.05, 0) is 31.2 Å². The van der Waals surface area contributed by atoms with Crippen molar-refractivity contribution in [3.63, 3.8) is 0 Å². The molecular formula is C24H25F3N4O4. The molecule has 0 aliphatic carbocycles. The van der Waals surface area contributed by atoms with Crippen LogP contribution in [0.15, 0.2) is 47.0 Å². The molecule has 1 aliphatic heterocycles. The highest BCUT2D eigenvalue weighted by Crippen LogP contribution is 2.32. The minimum absolute atomic E-state index is 0.0961. The van der Waals surface area contributed by atoms with Gasteiger partial charge >= 0.3 is 6.18 Å². The third-order valence-electron chi connectivity index (χ3n) is 5.99. The first kappa shape index (κ1) is 24.5. The first-order valence-electron chi connectivity index (χ1n) is 11.0. The van der Waals surface area contributed by atoms with Gasteiger partial charge in [-0.1, -0.05) is 17.3 Å². The van der Waals surface area contributed by atoms with Crippen molar-refractivity contribution in [1.82, 2.24) is 19.9 Å². The van der Waals surface area contributed by atoms with Crippen LogP contribution in [0.2, 0.25) is 0 Å². The molecule has 0 saturated carbocycles. The van der Waals surface area contributed by atoms with E-state index in [1.807, 2.05) is 6.92 Å². The second-order valence-corrected chi connectivity index (χ2v) is 8.14. The quantitative estimate of drug-likeness (QED) is 0.510. The third kappa shape index (κ3) is 5.40. The normalized spacial score (nSPS) is 15.7. The summed E-state index contributed by atoms with van der Waals surface area (Å²) in [4.78, 5) is 21.2. The molecule has 1 fully saturated rings. The lowest BCUT2D eigenvalue weighted by atomic mass is 10.1. The summed E-state index contributed by atoms with van der Waals surface area (Å²) in [5.74, 6) is 1.34. The molecule has 3 aromatic rings. The number of methoxy groups -OCH3 is 2. The summed E-state index contributed by atoms with van der Waals surface area (Å²) in [6.07, 6.45) is -4.46. The number of hydrogen-bond acceptors (Lipinski definition) is 7. The molecule has 1 saturated heterocycles. The number of nitrogens with zero attached hydrogens (tertiary/aromatic N) is 4. The van der Waals surface area contributed by atoms with Gasteiger partial charge in [0.25, 0.3) is 5.91 Å². The van der Waals surface area contributed by atoms with E-state index in [1.54, 1.807) is 23.1 Å². The Morgan fingerprint density at radius 2 is 1.69 bits per heavy atom. The van der Waals surface area contributed by atoms with Crippen LogP contribution in [0, 0.1) is 0 Å². The van der Waals surface area contributed by atoms with Crippen molar-refractivity contribution in [2.75, 3.05) is 40.4 Å². The number of benzene rings is 2. The molecule has 1 amide bonds. The number of ether oxygens (including phenoxy) is 2. The van der Waals surface area contributed by atoms with Gasteiger partial charge in [-0.2, -0.15) is 18.2 Å². The molecule has 11 heteroatoms. The Morgan fingerprint density at radius 3 is 2.29 bits per heavy atom. The summed E-state index contributed by atoms with van der Waals surface area (Å²) >= 11 is 0. The van der Waals surface area contributed by atoms with Gasteiger partial charge in [0.15, 0.2) is 0 Å². The van der Waals surface area contributed by atoms with E-state index < -0.39 is 11.7 Å². The van der Waals surface area contributed by atoms with E-state index in [4.69, 9.17) is 14.0 Å². The largest absolute Gasteiger partial charge is 0.497 e. The van der Waals surface area contributed by atoms with Crippen LogP contribution in [0.5, 0.6) is 11.5 Å². The van der Waals surface area contributed by atoms with Crippen LogP contribution in [0.25, 0.3) is 11.4 Å². The lowest BCUT2D eigenvalue weighted by Gasteiger charge is -2.36. The van der Waals surface area contributed by atoms with Crippen LogP contribution >= 0.6 is 0 Å². The van der Waals surface area contributed by atoms with E-state index >= 15 is 0 Å². The van der Waals surface area contributed by atoms with Gasteiger partial charge in [-0.3, -0.25) is 9.69 Å². The molecule has 0 bridgehead atoms. The SMILES string of the molecule is COc1cc(OC)cc(C(=O)N2CCN(C(C)c3nc(-c4cccc(C(F)(F)F)c4)no3)CC2)c1. The summed E-state index contributed by atoms with van der Waals surface area (Å²) in [6.45, 7) is 3.98. The van der Waals surface area contributed by atoms with Gasteiger partial charge in [-0.15, -0.1) is 0 Å². The zero-order chi connectivity index (χ0) is 25.2. The number of aromatic nitrogens is 2. The van der Waals surface area contributed by atoms with Crippen molar-refractivity contribution < 1.29 is 32.0 Å². The van der Waals surface area contributed by atoms with Crippen LogP contribution < -0.4 is 9.47 Å².